The largest absolute Gasteiger partial charge is 0.491 e. The van der Waals surface area contributed by atoms with Crippen LogP contribution in [0.5, 0.6) is 5.75 Å². The summed E-state index contributed by atoms with van der Waals surface area (Å²) in [5.41, 5.74) is 3.36. The number of para-hydroxylation sites is 1. The van der Waals surface area contributed by atoms with Crippen LogP contribution in [-0.4, -0.2) is 57.8 Å². The number of H-pyrrole nitrogens is 1. The van der Waals surface area contributed by atoms with E-state index in [0.717, 1.165) is 35.7 Å². The number of rotatable bonds is 4. The molecule has 6 rings (SSSR count). The Kier molecular flexibility index (Phi) is 4.61. The first-order valence-corrected chi connectivity index (χ1v) is 11.4. The Labute approximate surface area is 182 Å². The Morgan fingerprint density at radius 3 is 2.71 bits per heavy atom. The van der Waals surface area contributed by atoms with Crippen LogP contribution in [0.3, 0.4) is 0 Å². The van der Waals surface area contributed by atoms with Crippen molar-refractivity contribution in [3.05, 3.63) is 47.9 Å². The second kappa shape index (κ2) is 7.50. The molecule has 1 saturated heterocycles. The second-order valence-corrected chi connectivity index (χ2v) is 9.23. The summed E-state index contributed by atoms with van der Waals surface area (Å²) in [5, 5.41) is 4.86. The van der Waals surface area contributed by atoms with E-state index >= 15 is 0 Å². The van der Waals surface area contributed by atoms with Gasteiger partial charge in [-0.15, -0.1) is 0 Å². The van der Waals surface area contributed by atoms with Crippen LogP contribution in [0, 0.1) is 0 Å². The minimum atomic E-state index is 0.0693. The summed E-state index contributed by atoms with van der Waals surface area (Å²) in [7, 11) is 0. The first-order valence-electron chi connectivity index (χ1n) is 11.4. The highest BCUT2D eigenvalue weighted by Crippen LogP contribution is 2.42. The summed E-state index contributed by atoms with van der Waals surface area (Å²) in [6.45, 7) is 6.73. The van der Waals surface area contributed by atoms with Crippen molar-refractivity contribution in [2.24, 2.45) is 0 Å². The summed E-state index contributed by atoms with van der Waals surface area (Å²) >= 11 is 0. The van der Waals surface area contributed by atoms with Crippen LogP contribution in [0.15, 0.2) is 36.7 Å². The highest BCUT2D eigenvalue weighted by atomic mass is 16.5. The minimum absolute atomic E-state index is 0.0693. The Morgan fingerprint density at radius 2 is 1.90 bits per heavy atom. The molecule has 1 saturated carbocycles. The van der Waals surface area contributed by atoms with Crippen LogP contribution in [0.2, 0.25) is 0 Å². The average Bonchev–Trinajstić information content (AvgIpc) is 3.52. The van der Waals surface area contributed by atoms with Gasteiger partial charge in [-0.2, -0.15) is 0 Å². The molecule has 1 aromatic carbocycles. The predicted octanol–water partition coefficient (Wildman–Crippen LogP) is 3.86. The fourth-order valence-electron chi connectivity index (χ4n) is 5.16. The average molecular weight is 420 g/mol. The van der Waals surface area contributed by atoms with Crippen LogP contribution in [0.4, 0.5) is 5.82 Å². The van der Waals surface area contributed by atoms with Crippen molar-refractivity contribution in [2.75, 3.05) is 25.0 Å². The standard InChI is InChI=1S/C24H29N5O2/c1-14-10-29(11-15(2)31-14)20-12-30-21-6-4-3-5-17(21)22(20)28-24-18-9-19(16-7-8-16)27-23(18)25-13-26-24/h3-6,9,13-16,20,22H,7-8,10-12H2,1-2H3,(H2,25,26,27,28)/t14-,15+,20-,22-/m1/s1. The second-order valence-electron chi connectivity index (χ2n) is 9.23. The van der Waals surface area contributed by atoms with E-state index < -0.39 is 0 Å². The first kappa shape index (κ1) is 19.1. The molecule has 7 heteroatoms. The zero-order chi connectivity index (χ0) is 20.9. The van der Waals surface area contributed by atoms with Gasteiger partial charge in [0.25, 0.3) is 0 Å². The lowest BCUT2D eigenvalue weighted by atomic mass is 9.94. The molecular weight excluding hydrogens is 390 g/mol. The highest BCUT2D eigenvalue weighted by Gasteiger charge is 2.38. The molecule has 0 radical (unpaired) electrons. The van der Waals surface area contributed by atoms with Gasteiger partial charge in [0, 0.05) is 24.3 Å². The van der Waals surface area contributed by atoms with Gasteiger partial charge in [-0.25, -0.2) is 9.97 Å². The van der Waals surface area contributed by atoms with Crippen molar-refractivity contribution >= 4 is 16.9 Å². The maximum absolute atomic E-state index is 6.20. The highest BCUT2D eigenvalue weighted by molar-refractivity contribution is 5.88. The maximum atomic E-state index is 6.20. The molecule has 4 heterocycles. The van der Waals surface area contributed by atoms with Crippen molar-refractivity contribution in [1.29, 1.82) is 0 Å². The number of nitrogens with zero attached hydrogens (tertiary/aromatic N) is 3. The Balaban J connectivity index is 1.38. The first-order chi connectivity index (χ1) is 15.2. The molecule has 2 N–H and O–H groups in total. The predicted molar refractivity (Wildman–Crippen MR) is 120 cm³/mol. The molecule has 2 aromatic heterocycles. The third kappa shape index (κ3) is 3.55. The number of nitrogens with one attached hydrogen (secondary N) is 2. The summed E-state index contributed by atoms with van der Waals surface area (Å²) in [6, 6.07) is 10.8. The molecule has 4 atom stereocenters. The number of fused-ring (bicyclic) bond motifs is 2. The number of hydrogen-bond donors (Lipinski definition) is 2. The van der Waals surface area contributed by atoms with Gasteiger partial charge in [0.2, 0.25) is 0 Å². The molecule has 31 heavy (non-hydrogen) atoms. The normalized spacial score (nSPS) is 28.8. The Hall–Kier alpha value is -2.64. The van der Waals surface area contributed by atoms with E-state index in [9.17, 15) is 0 Å². The lowest BCUT2D eigenvalue weighted by Gasteiger charge is -2.45. The van der Waals surface area contributed by atoms with Crippen LogP contribution in [0.1, 0.15) is 49.9 Å². The lowest BCUT2D eigenvalue weighted by Crippen LogP contribution is -2.55. The molecule has 0 spiro atoms. The van der Waals surface area contributed by atoms with E-state index in [1.54, 1.807) is 6.33 Å². The van der Waals surface area contributed by atoms with Gasteiger partial charge in [0.1, 0.15) is 30.1 Å². The lowest BCUT2D eigenvalue weighted by molar-refractivity contribution is -0.0886. The van der Waals surface area contributed by atoms with Gasteiger partial charge in [0.05, 0.1) is 29.7 Å². The van der Waals surface area contributed by atoms with Gasteiger partial charge < -0.3 is 19.8 Å². The molecule has 1 aliphatic carbocycles. The van der Waals surface area contributed by atoms with E-state index in [-0.39, 0.29) is 24.3 Å². The minimum Gasteiger partial charge on any atom is -0.491 e. The number of morpholine rings is 1. The van der Waals surface area contributed by atoms with Crippen molar-refractivity contribution in [3.63, 3.8) is 0 Å². The number of ether oxygens (including phenoxy) is 2. The van der Waals surface area contributed by atoms with Crippen LogP contribution in [0.25, 0.3) is 11.0 Å². The topological polar surface area (TPSA) is 75.3 Å². The Morgan fingerprint density at radius 1 is 1.10 bits per heavy atom. The van der Waals surface area contributed by atoms with Crippen molar-refractivity contribution in [2.45, 2.75) is 56.9 Å². The number of benzene rings is 1. The molecule has 0 bridgehead atoms. The van der Waals surface area contributed by atoms with Crippen molar-refractivity contribution in [1.82, 2.24) is 19.9 Å². The molecule has 3 aliphatic rings. The molecule has 162 valence electrons. The van der Waals surface area contributed by atoms with Gasteiger partial charge in [0.15, 0.2) is 0 Å². The Bertz CT molecular complexity index is 1080. The maximum Gasteiger partial charge on any atom is 0.143 e. The third-order valence-electron chi connectivity index (χ3n) is 6.72. The van der Waals surface area contributed by atoms with Gasteiger partial charge >= 0.3 is 0 Å². The zero-order valence-corrected chi connectivity index (χ0v) is 18.0. The van der Waals surface area contributed by atoms with E-state index in [1.165, 1.54) is 24.1 Å². The third-order valence-corrected chi connectivity index (χ3v) is 6.72. The quantitative estimate of drug-likeness (QED) is 0.669. The van der Waals surface area contributed by atoms with E-state index in [2.05, 4.69) is 63.3 Å². The van der Waals surface area contributed by atoms with E-state index in [0.29, 0.717) is 12.5 Å². The van der Waals surface area contributed by atoms with Crippen LogP contribution < -0.4 is 10.1 Å². The number of anilines is 1. The van der Waals surface area contributed by atoms with Gasteiger partial charge in [-0.1, -0.05) is 18.2 Å². The molecule has 3 aromatic rings. The van der Waals surface area contributed by atoms with Crippen molar-refractivity contribution < 1.29 is 9.47 Å². The molecule has 0 unspecified atom stereocenters. The molecular formula is C24H29N5O2. The van der Waals surface area contributed by atoms with Crippen LogP contribution in [-0.2, 0) is 4.74 Å². The van der Waals surface area contributed by atoms with Crippen molar-refractivity contribution in [3.8, 4) is 5.75 Å². The van der Waals surface area contributed by atoms with E-state index in [1.807, 2.05) is 6.07 Å². The smallest absolute Gasteiger partial charge is 0.143 e. The number of hydrogen-bond acceptors (Lipinski definition) is 6. The zero-order valence-electron chi connectivity index (χ0n) is 18.0. The fraction of sp³-hybridized carbons (Fsp3) is 0.500. The van der Waals surface area contributed by atoms with E-state index in [4.69, 9.17) is 9.47 Å². The van der Waals surface area contributed by atoms with Gasteiger partial charge in [-0.05, 0) is 44.7 Å². The van der Waals surface area contributed by atoms with Crippen LogP contribution >= 0.6 is 0 Å². The molecule has 7 nitrogen and oxygen atoms in total. The molecule has 2 fully saturated rings. The molecule has 2 aliphatic heterocycles. The summed E-state index contributed by atoms with van der Waals surface area (Å²) in [5.74, 6) is 2.48. The summed E-state index contributed by atoms with van der Waals surface area (Å²) in [6.07, 6.45) is 4.57. The molecule has 0 amide bonds. The summed E-state index contributed by atoms with van der Waals surface area (Å²) < 4.78 is 12.2. The monoisotopic (exact) mass is 419 g/mol. The summed E-state index contributed by atoms with van der Waals surface area (Å²) in [4.78, 5) is 15.1. The fourth-order valence-corrected chi connectivity index (χ4v) is 5.16. The SMILES string of the molecule is C[C@@H]1CN([C@@H]2COc3ccccc3[C@H]2Nc2ncnc3[nH]c(C4CC4)cc23)C[C@H](C)O1. The van der Waals surface area contributed by atoms with Gasteiger partial charge in [-0.3, -0.25) is 4.90 Å². The number of aromatic amines is 1. The number of aromatic nitrogens is 3.